The summed E-state index contributed by atoms with van der Waals surface area (Å²) in [5.74, 6) is -1.01. The largest absolute Gasteiger partial charge is 0.480 e. The number of sulfone groups is 1. The molecule has 3 rings (SSSR count). The molecule has 0 aromatic carbocycles. The monoisotopic (exact) mass is 413 g/mol. The molecule has 2 aliphatic heterocycles. The molecule has 13 heteroatoms. The van der Waals surface area contributed by atoms with E-state index in [4.69, 9.17) is 0 Å². The zero-order valence-electron chi connectivity index (χ0n) is 15.4. The van der Waals surface area contributed by atoms with Gasteiger partial charge in [0.25, 0.3) is 0 Å². The van der Waals surface area contributed by atoms with E-state index in [1.807, 2.05) is 0 Å². The number of carboxylic acids is 1. The summed E-state index contributed by atoms with van der Waals surface area (Å²) < 4.78 is 28.0. The number of fused-ring (bicyclic) bond motifs is 1. The molecule has 0 radical (unpaired) electrons. The van der Waals surface area contributed by atoms with Crippen LogP contribution in [-0.4, -0.2) is 90.4 Å². The van der Waals surface area contributed by atoms with E-state index >= 15 is 0 Å². The van der Waals surface area contributed by atoms with Crippen molar-refractivity contribution in [3.05, 3.63) is 11.8 Å². The van der Waals surface area contributed by atoms with Gasteiger partial charge in [0.1, 0.15) is 11.9 Å². The number of carbonyl (C=O) groups is 3. The number of amides is 3. The molecular formula is C15H19N5O7S. The summed E-state index contributed by atoms with van der Waals surface area (Å²) in [5.41, 5.74) is 0.512. The van der Waals surface area contributed by atoms with Crippen molar-refractivity contribution in [3.8, 4) is 0 Å². The van der Waals surface area contributed by atoms with Crippen LogP contribution in [0.4, 0.5) is 15.4 Å². The highest BCUT2D eigenvalue weighted by Gasteiger charge is 2.45. The Morgan fingerprint density at radius 2 is 2.04 bits per heavy atom. The van der Waals surface area contributed by atoms with Gasteiger partial charge in [-0.15, -0.1) is 0 Å². The third-order valence-corrected chi connectivity index (χ3v) is 5.62. The second-order valence-electron chi connectivity index (χ2n) is 6.61. The minimum absolute atomic E-state index is 0.000827. The standard InChI is InChI=1S/C15H19N5O7S/c1-18-11-8(5-16-13(17-11)28(3,25)26)6-19(14(18)23)9-4-10(12(21)22)20(7-9)15(24)27-2/h5,9-10H,4,6-7H2,1-3H3,(H,21,22)/t9-,10+/m0/s1. The topological polar surface area (TPSA) is 150 Å². The van der Waals surface area contributed by atoms with E-state index in [0.717, 1.165) is 18.3 Å². The summed E-state index contributed by atoms with van der Waals surface area (Å²) >= 11 is 0. The summed E-state index contributed by atoms with van der Waals surface area (Å²) in [6.07, 6.45) is 1.56. The van der Waals surface area contributed by atoms with E-state index < -0.39 is 40.0 Å². The van der Waals surface area contributed by atoms with E-state index in [0.29, 0.717) is 5.56 Å². The molecule has 0 saturated carbocycles. The molecule has 0 bridgehead atoms. The van der Waals surface area contributed by atoms with Crippen molar-refractivity contribution in [2.45, 2.75) is 30.2 Å². The van der Waals surface area contributed by atoms with Gasteiger partial charge in [-0.2, -0.15) is 0 Å². The fourth-order valence-corrected chi connectivity index (χ4v) is 3.87. The Morgan fingerprint density at radius 1 is 1.36 bits per heavy atom. The average molecular weight is 413 g/mol. The fourth-order valence-electron chi connectivity index (χ4n) is 3.38. The first-order valence-corrected chi connectivity index (χ1v) is 10.1. The number of likely N-dealkylation sites (tertiary alicyclic amines) is 1. The van der Waals surface area contributed by atoms with E-state index in [1.54, 1.807) is 0 Å². The lowest BCUT2D eigenvalue weighted by Crippen LogP contribution is -2.51. The molecule has 1 fully saturated rings. The van der Waals surface area contributed by atoms with Crippen molar-refractivity contribution in [2.24, 2.45) is 0 Å². The van der Waals surface area contributed by atoms with Crippen molar-refractivity contribution in [2.75, 3.05) is 31.9 Å². The molecule has 2 atom stereocenters. The van der Waals surface area contributed by atoms with Crippen molar-refractivity contribution >= 4 is 33.7 Å². The Labute approximate surface area is 160 Å². The van der Waals surface area contributed by atoms with Gasteiger partial charge in [0.05, 0.1) is 19.7 Å². The molecule has 1 aromatic heterocycles. The number of carbonyl (C=O) groups excluding carboxylic acids is 2. The summed E-state index contributed by atoms with van der Waals surface area (Å²) in [5, 5.41) is 9.00. The minimum Gasteiger partial charge on any atom is -0.480 e. The van der Waals surface area contributed by atoms with E-state index in [1.165, 1.54) is 23.0 Å². The van der Waals surface area contributed by atoms with Crippen LogP contribution in [0.5, 0.6) is 0 Å². The second kappa shape index (κ2) is 6.89. The number of urea groups is 1. The number of hydrogen-bond acceptors (Lipinski definition) is 8. The van der Waals surface area contributed by atoms with Gasteiger partial charge in [0.15, 0.2) is 0 Å². The molecule has 12 nitrogen and oxygen atoms in total. The van der Waals surface area contributed by atoms with Gasteiger partial charge in [0, 0.05) is 38.0 Å². The molecule has 0 unspecified atom stereocenters. The first kappa shape index (κ1) is 19.8. The van der Waals surface area contributed by atoms with Crippen LogP contribution < -0.4 is 4.90 Å². The van der Waals surface area contributed by atoms with Crippen LogP contribution in [0.2, 0.25) is 0 Å². The minimum atomic E-state index is -3.64. The zero-order valence-corrected chi connectivity index (χ0v) is 16.2. The Kier molecular flexibility index (Phi) is 4.87. The molecule has 1 N–H and O–H groups in total. The summed E-state index contributed by atoms with van der Waals surface area (Å²) in [7, 11) is -1.05. The number of anilines is 1. The molecule has 1 saturated heterocycles. The Hall–Kier alpha value is -2.96. The van der Waals surface area contributed by atoms with Crippen molar-refractivity contribution in [1.29, 1.82) is 0 Å². The van der Waals surface area contributed by atoms with Crippen molar-refractivity contribution < 1.29 is 32.6 Å². The van der Waals surface area contributed by atoms with E-state index in [-0.39, 0.29) is 30.5 Å². The Morgan fingerprint density at radius 3 is 2.61 bits per heavy atom. The molecular weight excluding hydrogens is 394 g/mol. The lowest BCUT2D eigenvalue weighted by atomic mass is 10.1. The number of ether oxygens (including phenoxy) is 1. The van der Waals surface area contributed by atoms with Gasteiger partial charge < -0.3 is 14.7 Å². The van der Waals surface area contributed by atoms with E-state index in [9.17, 15) is 27.9 Å². The van der Waals surface area contributed by atoms with Crippen LogP contribution in [-0.2, 0) is 25.9 Å². The number of aliphatic carboxylic acids is 1. The van der Waals surface area contributed by atoms with Crippen LogP contribution in [0.15, 0.2) is 11.4 Å². The van der Waals surface area contributed by atoms with Gasteiger partial charge in [-0.3, -0.25) is 9.80 Å². The number of aromatic nitrogens is 2. The Bertz CT molecular complexity index is 950. The van der Waals surface area contributed by atoms with Gasteiger partial charge in [-0.1, -0.05) is 0 Å². The van der Waals surface area contributed by atoms with E-state index in [2.05, 4.69) is 14.7 Å². The van der Waals surface area contributed by atoms with Gasteiger partial charge >= 0.3 is 18.1 Å². The van der Waals surface area contributed by atoms with Crippen LogP contribution in [0.25, 0.3) is 0 Å². The lowest BCUT2D eigenvalue weighted by molar-refractivity contribution is -0.141. The summed E-state index contributed by atoms with van der Waals surface area (Å²) in [4.78, 5) is 47.7. The zero-order chi connectivity index (χ0) is 20.8. The number of hydrogen-bond donors (Lipinski definition) is 1. The molecule has 1 aromatic rings. The van der Waals surface area contributed by atoms with Crippen LogP contribution in [0.1, 0.15) is 12.0 Å². The molecule has 0 spiro atoms. The molecule has 0 aliphatic carbocycles. The molecule has 28 heavy (non-hydrogen) atoms. The molecule has 3 amide bonds. The predicted octanol–water partition coefficient (Wildman–Crippen LogP) is -0.454. The summed E-state index contributed by atoms with van der Waals surface area (Å²) in [6.45, 7) is 0.0649. The smallest absolute Gasteiger partial charge is 0.410 e. The van der Waals surface area contributed by atoms with Gasteiger partial charge in [-0.05, 0) is 0 Å². The van der Waals surface area contributed by atoms with Gasteiger partial charge in [0.2, 0.25) is 15.0 Å². The highest BCUT2D eigenvalue weighted by atomic mass is 32.2. The van der Waals surface area contributed by atoms with Crippen LogP contribution in [0.3, 0.4) is 0 Å². The highest BCUT2D eigenvalue weighted by Crippen LogP contribution is 2.31. The SMILES string of the molecule is COC(=O)N1C[C@@H](N2Cc3cnc(S(C)(=O)=O)nc3N(C)C2=O)C[C@@H]1C(=O)O. The van der Waals surface area contributed by atoms with Crippen LogP contribution >= 0.6 is 0 Å². The van der Waals surface area contributed by atoms with Crippen molar-refractivity contribution in [3.63, 3.8) is 0 Å². The highest BCUT2D eigenvalue weighted by molar-refractivity contribution is 7.90. The number of methoxy groups -OCH3 is 1. The normalized spacial score (nSPS) is 22.2. The maximum atomic E-state index is 12.8. The van der Waals surface area contributed by atoms with Crippen LogP contribution in [0, 0.1) is 0 Å². The second-order valence-corrected chi connectivity index (χ2v) is 8.52. The predicted molar refractivity (Wildman–Crippen MR) is 93.4 cm³/mol. The fraction of sp³-hybridized carbons (Fsp3) is 0.533. The Balaban J connectivity index is 1.90. The third kappa shape index (κ3) is 3.32. The van der Waals surface area contributed by atoms with Gasteiger partial charge in [-0.25, -0.2) is 32.8 Å². The molecule has 3 heterocycles. The lowest BCUT2D eigenvalue weighted by Gasteiger charge is -2.37. The first-order chi connectivity index (χ1) is 13.0. The number of nitrogens with zero attached hydrogens (tertiary/aromatic N) is 5. The third-order valence-electron chi connectivity index (χ3n) is 4.76. The number of rotatable bonds is 3. The maximum absolute atomic E-state index is 12.8. The molecule has 152 valence electrons. The molecule has 2 aliphatic rings. The average Bonchev–Trinajstić information content (AvgIpc) is 3.08. The summed E-state index contributed by atoms with van der Waals surface area (Å²) in [6, 6.07) is -2.15. The maximum Gasteiger partial charge on any atom is 0.410 e. The number of carboxylic acid groups (broad SMARTS) is 1. The first-order valence-electron chi connectivity index (χ1n) is 8.22. The quantitative estimate of drug-likeness (QED) is 0.650. The van der Waals surface area contributed by atoms with Crippen molar-refractivity contribution in [1.82, 2.24) is 19.8 Å².